The molecule has 110 valence electrons. The standard InChI is InChI=1S/C16H22BrNO2/c1-10-12(6-5-7-14(10)17)13-8-11(13)9-18-15(19)20-16(2,3)4/h5-7,11,13H,8-9H2,1-4H3,(H,18,19)/t11-,13+/m0/s1. The molecular weight excluding hydrogens is 318 g/mol. The van der Waals surface area contributed by atoms with Gasteiger partial charge in [0.15, 0.2) is 0 Å². The SMILES string of the molecule is Cc1c(Br)cccc1[C@@H]1C[C@H]1CNC(=O)OC(C)(C)C. The number of amides is 1. The summed E-state index contributed by atoms with van der Waals surface area (Å²) in [5.74, 6) is 1.08. The number of carbonyl (C=O) groups is 1. The van der Waals surface area contributed by atoms with E-state index in [1.807, 2.05) is 20.8 Å². The summed E-state index contributed by atoms with van der Waals surface area (Å²) in [6.45, 7) is 8.44. The van der Waals surface area contributed by atoms with Crippen LogP contribution in [0.5, 0.6) is 0 Å². The maximum absolute atomic E-state index is 11.6. The molecule has 4 heteroatoms. The topological polar surface area (TPSA) is 38.3 Å². The van der Waals surface area contributed by atoms with E-state index >= 15 is 0 Å². The molecule has 3 nitrogen and oxygen atoms in total. The lowest BCUT2D eigenvalue weighted by Gasteiger charge is -2.19. The number of rotatable bonds is 3. The van der Waals surface area contributed by atoms with Gasteiger partial charge in [-0.05, 0) is 63.1 Å². The van der Waals surface area contributed by atoms with E-state index in [0.717, 1.165) is 10.9 Å². The summed E-state index contributed by atoms with van der Waals surface area (Å²) in [5.41, 5.74) is 2.25. The smallest absolute Gasteiger partial charge is 0.407 e. The van der Waals surface area contributed by atoms with Gasteiger partial charge in [-0.2, -0.15) is 0 Å². The molecule has 1 fully saturated rings. The number of ether oxygens (including phenoxy) is 1. The summed E-state index contributed by atoms with van der Waals surface area (Å²) in [5, 5.41) is 2.86. The first-order valence-electron chi connectivity index (χ1n) is 7.00. The Morgan fingerprint density at radius 1 is 1.45 bits per heavy atom. The van der Waals surface area contributed by atoms with Gasteiger partial charge in [0.1, 0.15) is 5.60 Å². The van der Waals surface area contributed by atoms with Gasteiger partial charge in [0.25, 0.3) is 0 Å². The molecule has 0 saturated heterocycles. The lowest BCUT2D eigenvalue weighted by Crippen LogP contribution is -2.33. The van der Waals surface area contributed by atoms with Crippen LogP contribution in [-0.4, -0.2) is 18.2 Å². The van der Waals surface area contributed by atoms with Crippen LogP contribution in [0.3, 0.4) is 0 Å². The minimum Gasteiger partial charge on any atom is -0.444 e. The van der Waals surface area contributed by atoms with Gasteiger partial charge in [0.05, 0.1) is 0 Å². The normalized spacial score (nSPS) is 21.4. The Kier molecular flexibility index (Phi) is 4.43. The predicted octanol–water partition coefficient (Wildman–Crippen LogP) is 4.39. The lowest BCUT2D eigenvalue weighted by molar-refractivity contribution is 0.0525. The van der Waals surface area contributed by atoms with Gasteiger partial charge in [-0.15, -0.1) is 0 Å². The zero-order chi connectivity index (χ0) is 14.9. The Bertz CT molecular complexity index is 508. The fraction of sp³-hybridized carbons (Fsp3) is 0.562. The third-order valence-electron chi connectivity index (χ3n) is 3.54. The van der Waals surface area contributed by atoms with Gasteiger partial charge in [-0.3, -0.25) is 0 Å². The highest BCUT2D eigenvalue weighted by Gasteiger charge is 2.39. The molecule has 20 heavy (non-hydrogen) atoms. The summed E-state index contributed by atoms with van der Waals surface area (Å²) in [6.07, 6.45) is 0.807. The Morgan fingerprint density at radius 2 is 2.15 bits per heavy atom. The summed E-state index contributed by atoms with van der Waals surface area (Å²) < 4.78 is 6.40. The predicted molar refractivity (Wildman–Crippen MR) is 84.0 cm³/mol. The highest BCUT2D eigenvalue weighted by atomic mass is 79.9. The van der Waals surface area contributed by atoms with Crippen LogP contribution < -0.4 is 5.32 Å². The van der Waals surface area contributed by atoms with Crippen molar-refractivity contribution >= 4 is 22.0 Å². The minimum atomic E-state index is -0.437. The Balaban J connectivity index is 1.84. The number of hydrogen-bond donors (Lipinski definition) is 1. The van der Waals surface area contributed by atoms with Crippen molar-refractivity contribution < 1.29 is 9.53 Å². The van der Waals surface area contributed by atoms with Crippen LogP contribution in [0.2, 0.25) is 0 Å². The second-order valence-electron chi connectivity index (χ2n) is 6.44. The molecule has 1 N–H and O–H groups in total. The minimum absolute atomic E-state index is 0.325. The molecule has 0 radical (unpaired) electrons. The van der Waals surface area contributed by atoms with Crippen LogP contribution in [-0.2, 0) is 4.74 Å². The van der Waals surface area contributed by atoms with Crippen molar-refractivity contribution in [1.82, 2.24) is 5.32 Å². The third kappa shape index (κ3) is 3.98. The number of carbonyl (C=O) groups excluding carboxylic acids is 1. The number of alkyl carbamates (subject to hydrolysis) is 1. The average Bonchev–Trinajstić information content (AvgIpc) is 3.07. The van der Waals surface area contributed by atoms with Crippen LogP contribution in [0.1, 0.15) is 44.2 Å². The van der Waals surface area contributed by atoms with Gasteiger partial charge in [-0.25, -0.2) is 4.79 Å². The lowest BCUT2D eigenvalue weighted by atomic mass is 10.0. The van der Waals surface area contributed by atoms with Crippen molar-refractivity contribution in [1.29, 1.82) is 0 Å². The Morgan fingerprint density at radius 3 is 2.80 bits per heavy atom. The van der Waals surface area contributed by atoms with E-state index in [-0.39, 0.29) is 6.09 Å². The van der Waals surface area contributed by atoms with E-state index in [0.29, 0.717) is 18.4 Å². The quantitative estimate of drug-likeness (QED) is 0.886. The zero-order valence-electron chi connectivity index (χ0n) is 12.5. The van der Waals surface area contributed by atoms with Gasteiger partial charge >= 0.3 is 6.09 Å². The summed E-state index contributed by atoms with van der Waals surface area (Å²) in [6, 6.07) is 6.32. The molecule has 2 atom stereocenters. The first-order valence-corrected chi connectivity index (χ1v) is 7.79. The van der Waals surface area contributed by atoms with E-state index in [1.165, 1.54) is 11.1 Å². The van der Waals surface area contributed by atoms with Gasteiger partial charge in [-0.1, -0.05) is 28.1 Å². The van der Waals surface area contributed by atoms with Crippen molar-refractivity contribution in [2.24, 2.45) is 5.92 Å². The number of halogens is 1. The fourth-order valence-electron chi connectivity index (χ4n) is 2.41. The molecule has 0 spiro atoms. The molecule has 1 aliphatic carbocycles. The molecule has 0 aliphatic heterocycles. The molecule has 2 rings (SSSR count). The molecule has 0 bridgehead atoms. The van der Waals surface area contributed by atoms with Crippen molar-refractivity contribution in [2.75, 3.05) is 6.54 Å². The van der Waals surface area contributed by atoms with Crippen molar-refractivity contribution in [3.8, 4) is 0 Å². The summed E-state index contributed by atoms with van der Waals surface area (Å²) >= 11 is 3.57. The fourth-order valence-corrected chi connectivity index (χ4v) is 2.79. The van der Waals surface area contributed by atoms with Gasteiger partial charge in [0, 0.05) is 11.0 Å². The number of nitrogens with one attached hydrogen (secondary N) is 1. The zero-order valence-corrected chi connectivity index (χ0v) is 14.1. The molecule has 1 aliphatic rings. The molecular formula is C16H22BrNO2. The third-order valence-corrected chi connectivity index (χ3v) is 4.40. The number of benzene rings is 1. The second kappa shape index (κ2) is 5.76. The van der Waals surface area contributed by atoms with Crippen LogP contribution in [0.25, 0.3) is 0 Å². The maximum atomic E-state index is 11.6. The van der Waals surface area contributed by atoms with Crippen LogP contribution in [0, 0.1) is 12.8 Å². The molecule has 0 aromatic heterocycles. The molecule has 1 amide bonds. The summed E-state index contributed by atoms with van der Waals surface area (Å²) in [7, 11) is 0. The van der Waals surface area contributed by atoms with Crippen molar-refractivity contribution in [3.05, 3.63) is 33.8 Å². The second-order valence-corrected chi connectivity index (χ2v) is 7.29. The Hall–Kier alpha value is -1.03. The van der Waals surface area contributed by atoms with E-state index in [4.69, 9.17) is 4.74 Å². The molecule has 1 saturated carbocycles. The number of hydrogen-bond acceptors (Lipinski definition) is 2. The molecule has 1 aromatic rings. The van der Waals surface area contributed by atoms with E-state index in [9.17, 15) is 4.79 Å². The molecule has 1 aromatic carbocycles. The first kappa shape index (κ1) is 15.4. The highest BCUT2D eigenvalue weighted by molar-refractivity contribution is 9.10. The maximum Gasteiger partial charge on any atom is 0.407 e. The molecule has 0 heterocycles. The first-order chi connectivity index (χ1) is 9.28. The monoisotopic (exact) mass is 339 g/mol. The average molecular weight is 340 g/mol. The Labute approximate surface area is 129 Å². The van der Waals surface area contributed by atoms with E-state index in [2.05, 4.69) is 46.4 Å². The van der Waals surface area contributed by atoms with Crippen LogP contribution in [0.4, 0.5) is 4.79 Å². The van der Waals surface area contributed by atoms with Crippen molar-refractivity contribution in [3.63, 3.8) is 0 Å². The van der Waals surface area contributed by atoms with Crippen LogP contribution in [0.15, 0.2) is 22.7 Å². The van der Waals surface area contributed by atoms with Crippen molar-refractivity contribution in [2.45, 2.75) is 45.6 Å². The highest BCUT2D eigenvalue weighted by Crippen LogP contribution is 2.48. The van der Waals surface area contributed by atoms with E-state index in [1.54, 1.807) is 0 Å². The summed E-state index contributed by atoms with van der Waals surface area (Å²) in [4.78, 5) is 11.6. The largest absolute Gasteiger partial charge is 0.444 e. The van der Waals surface area contributed by atoms with Crippen LogP contribution >= 0.6 is 15.9 Å². The van der Waals surface area contributed by atoms with Gasteiger partial charge < -0.3 is 10.1 Å². The molecule has 0 unspecified atom stereocenters. The van der Waals surface area contributed by atoms with E-state index < -0.39 is 5.60 Å². The van der Waals surface area contributed by atoms with Gasteiger partial charge in [0.2, 0.25) is 0 Å².